The van der Waals surface area contributed by atoms with Gasteiger partial charge in [0.05, 0.1) is 19.8 Å². The SMILES string of the molecule is Cc1cnc(CN(C)CC(C)(C)CN2CCOCC2)[nH]1. The number of aromatic amines is 1. The van der Waals surface area contributed by atoms with Gasteiger partial charge in [-0.3, -0.25) is 9.80 Å². The second-order valence-corrected chi connectivity index (χ2v) is 6.74. The van der Waals surface area contributed by atoms with Crippen LogP contribution in [0, 0.1) is 12.3 Å². The second kappa shape index (κ2) is 6.70. The summed E-state index contributed by atoms with van der Waals surface area (Å²) in [6.45, 7) is 13.6. The fourth-order valence-electron chi connectivity index (χ4n) is 3.00. The fourth-order valence-corrected chi connectivity index (χ4v) is 3.00. The zero-order chi connectivity index (χ0) is 14.6. The lowest BCUT2D eigenvalue weighted by Gasteiger charge is -2.37. The molecule has 0 radical (unpaired) electrons. The molecule has 0 amide bonds. The number of H-pyrrole nitrogens is 1. The first kappa shape index (κ1) is 15.5. The van der Waals surface area contributed by atoms with Crippen LogP contribution >= 0.6 is 0 Å². The highest BCUT2D eigenvalue weighted by Crippen LogP contribution is 2.19. The van der Waals surface area contributed by atoms with Gasteiger partial charge >= 0.3 is 0 Å². The summed E-state index contributed by atoms with van der Waals surface area (Å²) in [4.78, 5) is 12.5. The van der Waals surface area contributed by atoms with E-state index in [2.05, 4.69) is 40.7 Å². The highest BCUT2D eigenvalue weighted by molar-refractivity contribution is 4.98. The zero-order valence-electron chi connectivity index (χ0n) is 13.3. The minimum Gasteiger partial charge on any atom is -0.379 e. The van der Waals surface area contributed by atoms with Crippen molar-refractivity contribution in [3.63, 3.8) is 0 Å². The number of rotatable bonds is 6. The molecule has 0 saturated carbocycles. The minimum absolute atomic E-state index is 0.272. The van der Waals surface area contributed by atoms with Crippen LogP contribution in [0.3, 0.4) is 0 Å². The van der Waals surface area contributed by atoms with Gasteiger partial charge in [-0.1, -0.05) is 13.8 Å². The van der Waals surface area contributed by atoms with Crippen LogP contribution in [0.2, 0.25) is 0 Å². The third-order valence-electron chi connectivity index (χ3n) is 3.63. The molecule has 0 spiro atoms. The Kier molecular flexibility index (Phi) is 5.18. The summed E-state index contributed by atoms with van der Waals surface area (Å²) in [6, 6.07) is 0. The number of nitrogens with one attached hydrogen (secondary N) is 1. The van der Waals surface area contributed by atoms with E-state index in [4.69, 9.17) is 4.74 Å². The highest BCUT2D eigenvalue weighted by atomic mass is 16.5. The number of hydrogen-bond donors (Lipinski definition) is 1. The lowest BCUT2D eigenvalue weighted by molar-refractivity contribution is 0.0160. The van der Waals surface area contributed by atoms with Crippen LogP contribution in [0.1, 0.15) is 25.4 Å². The van der Waals surface area contributed by atoms with Gasteiger partial charge < -0.3 is 9.72 Å². The predicted molar refractivity (Wildman–Crippen MR) is 80.7 cm³/mol. The maximum atomic E-state index is 5.41. The molecule has 1 aliphatic rings. The lowest BCUT2D eigenvalue weighted by atomic mass is 9.92. The van der Waals surface area contributed by atoms with Crippen molar-refractivity contribution < 1.29 is 4.74 Å². The van der Waals surface area contributed by atoms with Crippen molar-refractivity contribution in [2.45, 2.75) is 27.3 Å². The van der Waals surface area contributed by atoms with E-state index in [0.717, 1.165) is 57.5 Å². The van der Waals surface area contributed by atoms with Gasteiger partial charge in [0.1, 0.15) is 5.82 Å². The number of aromatic nitrogens is 2. The topological polar surface area (TPSA) is 44.4 Å². The fraction of sp³-hybridized carbons (Fsp3) is 0.800. The molecular weight excluding hydrogens is 252 g/mol. The standard InChI is InChI=1S/C15H28N4O/c1-13-9-16-14(17-13)10-18(4)11-15(2,3)12-19-5-7-20-8-6-19/h9H,5-8,10-12H2,1-4H3,(H,16,17). The molecule has 0 unspecified atom stereocenters. The Hall–Kier alpha value is -0.910. The Morgan fingerprint density at radius 1 is 1.40 bits per heavy atom. The normalized spacial score (nSPS) is 17.9. The molecule has 1 fully saturated rings. The molecule has 1 aliphatic heterocycles. The summed E-state index contributed by atoms with van der Waals surface area (Å²) >= 11 is 0. The minimum atomic E-state index is 0.272. The van der Waals surface area contributed by atoms with E-state index in [1.165, 1.54) is 0 Å². The van der Waals surface area contributed by atoms with Crippen LogP contribution in [0.25, 0.3) is 0 Å². The quantitative estimate of drug-likeness (QED) is 0.858. The Labute approximate surface area is 122 Å². The molecule has 1 aromatic heterocycles. The Balaban J connectivity index is 1.80. The van der Waals surface area contributed by atoms with Gasteiger partial charge in [-0.15, -0.1) is 0 Å². The summed E-state index contributed by atoms with van der Waals surface area (Å²) in [5, 5.41) is 0. The van der Waals surface area contributed by atoms with Crippen molar-refractivity contribution in [3.05, 3.63) is 17.7 Å². The molecule has 0 atom stereocenters. The van der Waals surface area contributed by atoms with Crippen molar-refractivity contribution in [1.82, 2.24) is 19.8 Å². The van der Waals surface area contributed by atoms with Gasteiger partial charge in [0.15, 0.2) is 0 Å². The van der Waals surface area contributed by atoms with Crippen molar-refractivity contribution >= 4 is 0 Å². The zero-order valence-corrected chi connectivity index (χ0v) is 13.3. The van der Waals surface area contributed by atoms with E-state index in [1.807, 2.05) is 13.1 Å². The molecule has 0 bridgehead atoms. The summed E-state index contributed by atoms with van der Waals surface area (Å²) in [6.07, 6.45) is 1.89. The molecular formula is C15H28N4O. The van der Waals surface area contributed by atoms with E-state index >= 15 is 0 Å². The number of ether oxygens (including phenoxy) is 1. The van der Waals surface area contributed by atoms with Gasteiger partial charge in [-0.25, -0.2) is 4.98 Å². The van der Waals surface area contributed by atoms with Crippen LogP contribution in [-0.2, 0) is 11.3 Å². The Morgan fingerprint density at radius 3 is 2.70 bits per heavy atom. The van der Waals surface area contributed by atoms with Crippen LogP contribution in [0.5, 0.6) is 0 Å². The van der Waals surface area contributed by atoms with Gasteiger partial charge in [0.25, 0.3) is 0 Å². The largest absolute Gasteiger partial charge is 0.379 e. The van der Waals surface area contributed by atoms with E-state index < -0.39 is 0 Å². The first-order valence-electron chi connectivity index (χ1n) is 7.44. The van der Waals surface area contributed by atoms with E-state index in [1.54, 1.807) is 0 Å². The average Bonchev–Trinajstić information content (AvgIpc) is 2.74. The third kappa shape index (κ3) is 4.89. The number of morpholine rings is 1. The first-order valence-corrected chi connectivity index (χ1v) is 7.44. The van der Waals surface area contributed by atoms with E-state index in [-0.39, 0.29) is 5.41 Å². The van der Waals surface area contributed by atoms with Crippen LogP contribution in [0.15, 0.2) is 6.20 Å². The molecule has 1 N–H and O–H groups in total. The van der Waals surface area contributed by atoms with Crippen molar-refractivity contribution in [2.24, 2.45) is 5.41 Å². The molecule has 20 heavy (non-hydrogen) atoms. The smallest absolute Gasteiger partial charge is 0.120 e. The number of nitrogens with zero attached hydrogens (tertiary/aromatic N) is 3. The van der Waals surface area contributed by atoms with Crippen molar-refractivity contribution in [1.29, 1.82) is 0 Å². The molecule has 0 aromatic carbocycles. The molecule has 1 aromatic rings. The summed E-state index contributed by atoms with van der Waals surface area (Å²) in [7, 11) is 2.17. The van der Waals surface area contributed by atoms with Gasteiger partial charge in [0.2, 0.25) is 0 Å². The monoisotopic (exact) mass is 280 g/mol. The summed E-state index contributed by atoms with van der Waals surface area (Å²) < 4.78 is 5.41. The maximum absolute atomic E-state index is 5.41. The lowest BCUT2D eigenvalue weighted by Crippen LogP contribution is -2.45. The Morgan fingerprint density at radius 2 is 2.10 bits per heavy atom. The molecule has 5 heteroatoms. The highest BCUT2D eigenvalue weighted by Gasteiger charge is 2.24. The second-order valence-electron chi connectivity index (χ2n) is 6.74. The molecule has 1 saturated heterocycles. The molecule has 114 valence electrons. The van der Waals surface area contributed by atoms with Crippen LogP contribution < -0.4 is 0 Å². The molecule has 5 nitrogen and oxygen atoms in total. The predicted octanol–water partition coefficient (Wildman–Crippen LogP) is 1.51. The maximum Gasteiger partial charge on any atom is 0.120 e. The first-order chi connectivity index (χ1) is 9.44. The van der Waals surface area contributed by atoms with Crippen molar-refractivity contribution in [2.75, 3.05) is 46.4 Å². The number of imidazole rings is 1. The molecule has 0 aliphatic carbocycles. The van der Waals surface area contributed by atoms with E-state index in [9.17, 15) is 0 Å². The van der Waals surface area contributed by atoms with E-state index in [0.29, 0.717) is 0 Å². The van der Waals surface area contributed by atoms with Gasteiger partial charge in [-0.2, -0.15) is 0 Å². The number of hydrogen-bond acceptors (Lipinski definition) is 4. The average molecular weight is 280 g/mol. The Bertz CT molecular complexity index is 410. The molecule has 2 rings (SSSR count). The van der Waals surface area contributed by atoms with Gasteiger partial charge in [0, 0.05) is 38.1 Å². The number of aryl methyl sites for hydroxylation is 1. The van der Waals surface area contributed by atoms with Crippen LogP contribution in [0.4, 0.5) is 0 Å². The third-order valence-corrected chi connectivity index (χ3v) is 3.63. The summed E-state index contributed by atoms with van der Waals surface area (Å²) in [5.41, 5.74) is 1.40. The summed E-state index contributed by atoms with van der Waals surface area (Å²) in [5.74, 6) is 1.05. The molecule has 2 heterocycles. The van der Waals surface area contributed by atoms with Gasteiger partial charge in [-0.05, 0) is 19.4 Å². The van der Waals surface area contributed by atoms with Crippen LogP contribution in [-0.4, -0.2) is 66.2 Å². The van der Waals surface area contributed by atoms with Crippen molar-refractivity contribution in [3.8, 4) is 0 Å².